The maximum atomic E-state index is 13.6. The van der Waals surface area contributed by atoms with E-state index in [1.807, 2.05) is 37.3 Å². The Labute approximate surface area is 185 Å². The van der Waals surface area contributed by atoms with Gasteiger partial charge in [-0.3, -0.25) is 14.4 Å². The molecule has 0 aliphatic carbocycles. The number of nitrogens with zero attached hydrogens (tertiary/aromatic N) is 2. The zero-order valence-electron chi connectivity index (χ0n) is 17.4. The van der Waals surface area contributed by atoms with Gasteiger partial charge in [0, 0.05) is 5.56 Å². The average Bonchev–Trinajstić information content (AvgIpc) is 3.32. The van der Waals surface area contributed by atoms with Crippen molar-refractivity contribution in [3.8, 4) is 11.5 Å². The molecule has 2 amide bonds. The van der Waals surface area contributed by atoms with Crippen LogP contribution in [0.3, 0.4) is 0 Å². The van der Waals surface area contributed by atoms with Gasteiger partial charge in [-0.25, -0.2) is 9.96 Å². The summed E-state index contributed by atoms with van der Waals surface area (Å²) in [7, 11) is 0. The third-order valence-electron chi connectivity index (χ3n) is 5.79. The highest BCUT2D eigenvalue weighted by Gasteiger charge is 2.60. The monoisotopic (exact) mass is 430 g/mol. The van der Waals surface area contributed by atoms with E-state index in [-0.39, 0.29) is 11.7 Å². The van der Waals surface area contributed by atoms with Gasteiger partial charge in [-0.15, -0.1) is 0 Å². The van der Waals surface area contributed by atoms with Crippen LogP contribution in [0.4, 0.5) is 11.4 Å². The number of benzene rings is 3. The molecule has 0 radical (unpaired) electrons. The average molecular weight is 430 g/mol. The third kappa shape index (κ3) is 3.18. The first-order valence-electron chi connectivity index (χ1n) is 10.5. The fraction of sp³-hybridized carbons (Fsp3) is 0.200. The van der Waals surface area contributed by atoms with Crippen LogP contribution in [0.2, 0.25) is 0 Å². The van der Waals surface area contributed by atoms with E-state index in [9.17, 15) is 14.7 Å². The van der Waals surface area contributed by atoms with Crippen molar-refractivity contribution in [2.24, 2.45) is 5.92 Å². The van der Waals surface area contributed by atoms with E-state index in [0.717, 1.165) is 0 Å². The van der Waals surface area contributed by atoms with Gasteiger partial charge in [-0.1, -0.05) is 36.4 Å². The van der Waals surface area contributed by atoms with Crippen LogP contribution < -0.4 is 14.7 Å². The first-order valence-corrected chi connectivity index (χ1v) is 10.5. The van der Waals surface area contributed by atoms with Crippen LogP contribution in [0.15, 0.2) is 78.9 Å². The minimum Gasteiger partial charge on any atom is -0.508 e. The molecule has 3 atom stereocenters. The van der Waals surface area contributed by atoms with Gasteiger partial charge in [0.25, 0.3) is 5.91 Å². The van der Waals surface area contributed by atoms with Gasteiger partial charge in [-0.05, 0) is 49.4 Å². The quantitative estimate of drug-likeness (QED) is 0.620. The lowest BCUT2D eigenvalue weighted by Gasteiger charge is -2.29. The molecule has 7 heteroatoms. The molecule has 162 valence electrons. The van der Waals surface area contributed by atoms with Gasteiger partial charge < -0.3 is 9.84 Å². The minimum absolute atomic E-state index is 0.0439. The Kier molecular flexibility index (Phi) is 5.03. The van der Waals surface area contributed by atoms with Crippen LogP contribution in [0, 0.1) is 5.92 Å². The molecule has 0 bridgehead atoms. The first kappa shape index (κ1) is 20.1. The number of fused-ring (bicyclic) bond motifs is 1. The van der Waals surface area contributed by atoms with Gasteiger partial charge in [0.05, 0.1) is 24.0 Å². The number of hydrogen-bond donors (Lipinski definition) is 1. The van der Waals surface area contributed by atoms with Crippen LogP contribution in [0.1, 0.15) is 18.5 Å². The van der Waals surface area contributed by atoms with Crippen molar-refractivity contribution in [2.75, 3.05) is 16.6 Å². The Morgan fingerprint density at radius 3 is 2.25 bits per heavy atom. The SMILES string of the molecule is CCOc1ccc(N2C(=O)[C@H]3[C@@H](ON(c4ccccc4)[C@H]3c3ccccc3O)C2=O)cc1. The molecule has 2 heterocycles. The summed E-state index contributed by atoms with van der Waals surface area (Å²) in [6.45, 7) is 2.41. The second-order valence-corrected chi connectivity index (χ2v) is 7.66. The van der Waals surface area contributed by atoms with E-state index in [1.165, 1.54) is 4.90 Å². The van der Waals surface area contributed by atoms with Crippen LogP contribution in [0.5, 0.6) is 11.5 Å². The van der Waals surface area contributed by atoms with Crippen molar-refractivity contribution < 1.29 is 24.3 Å². The molecule has 0 aromatic heterocycles. The van der Waals surface area contributed by atoms with Gasteiger partial charge in [-0.2, -0.15) is 0 Å². The van der Waals surface area contributed by atoms with E-state index in [1.54, 1.807) is 53.6 Å². The summed E-state index contributed by atoms with van der Waals surface area (Å²) in [6.07, 6.45) is -0.987. The zero-order chi connectivity index (χ0) is 22.2. The number of carbonyl (C=O) groups excluding carboxylic acids is 2. The highest BCUT2D eigenvalue weighted by Crippen LogP contribution is 2.49. The lowest BCUT2D eigenvalue weighted by Crippen LogP contribution is -2.37. The standard InChI is InChI=1S/C25H22N2O5/c1-2-31-18-14-12-16(13-15-18)26-24(29)21-22(19-10-6-7-11-20(19)28)27(32-23(21)25(26)30)17-8-4-3-5-9-17/h3-15,21-23,28H,2H2,1H3/t21-,22+,23-/m1/s1. The number of ether oxygens (including phenoxy) is 1. The molecule has 3 aromatic carbocycles. The molecule has 0 saturated carbocycles. The number of aromatic hydroxyl groups is 1. The Morgan fingerprint density at radius 1 is 0.875 bits per heavy atom. The Morgan fingerprint density at radius 2 is 1.56 bits per heavy atom. The maximum absolute atomic E-state index is 13.6. The summed E-state index contributed by atoms with van der Waals surface area (Å²) in [4.78, 5) is 34.1. The molecule has 5 rings (SSSR count). The van der Waals surface area contributed by atoms with Gasteiger partial charge in [0.15, 0.2) is 6.10 Å². The maximum Gasteiger partial charge on any atom is 0.266 e. The van der Waals surface area contributed by atoms with Crippen molar-refractivity contribution in [3.63, 3.8) is 0 Å². The van der Waals surface area contributed by atoms with Crippen LogP contribution in [-0.2, 0) is 14.4 Å². The molecular weight excluding hydrogens is 408 g/mol. The number of rotatable bonds is 5. The van der Waals surface area contributed by atoms with Crippen molar-refractivity contribution >= 4 is 23.2 Å². The van der Waals surface area contributed by atoms with E-state index in [2.05, 4.69) is 0 Å². The number of para-hydroxylation sites is 2. The number of hydroxylamine groups is 1. The molecule has 32 heavy (non-hydrogen) atoms. The molecule has 0 unspecified atom stereocenters. The van der Waals surface area contributed by atoms with E-state index >= 15 is 0 Å². The molecular formula is C25H22N2O5. The second-order valence-electron chi connectivity index (χ2n) is 7.66. The number of amides is 2. The Hall–Kier alpha value is -3.84. The summed E-state index contributed by atoms with van der Waals surface area (Å²) >= 11 is 0. The van der Waals surface area contributed by atoms with Gasteiger partial charge in [0.2, 0.25) is 5.91 Å². The summed E-state index contributed by atoms with van der Waals surface area (Å²) in [5.74, 6) is -0.891. The van der Waals surface area contributed by atoms with Crippen LogP contribution in [-0.4, -0.2) is 29.6 Å². The van der Waals surface area contributed by atoms with E-state index < -0.39 is 24.0 Å². The topological polar surface area (TPSA) is 79.3 Å². The van der Waals surface area contributed by atoms with Crippen molar-refractivity contribution in [3.05, 3.63) is 84.4 Å². The number of phenolic OH excluding ortho intramolecular Hbond substituents is 1. The molecule has 3 aromatic rings. The summed E-state index contributed by atoms with van der Waals surface area (Å²) < 4.78 is 5.46. The van der Waals surface area contributed by atoms with Gasteiger partial charge in [0.1, 0.15) is 17.4 Å². The molecule has 2 saturated heterocycles. The number of hydrogen-bond acceptors (Lipinski definition) is 6. The Balaban J connectivity index is 1.55. The lowest BCUT2D eigenvalue weighted by molar-refractivity contribution is -0.126. The van der Waals surface area contributed by atoms with Crippen molar-refractivity contribution in [2.45, 2.75) is 19.1 Å². The smallest absolute Gasteiger partial charge is 0.266 e. The molecule has 7 nitrogen and oxygen atoms in total. The number of phenols is 1. The number of carbonyl (C=O) groups is 2. The molecule has 2 aliphatic heterocycles. The summed E-state index contributed by atoms with van der Waals surface area (Å²) in [6, 6.07) is 22.2. The molecule has 1 N–H and O–H groups in total. The lowest BCUT2D eigenvalue weighted by atomic mass is 9.90. The predicted molar refractivity (Wildman–Crippen MR) is 118 cm³/mol. The summed E-state index contributed by atoms with van der Waals surface area (Å²) in [5.41, 5.74) is 1.69. The number of anilines is 2. The molecule has 0 spiro atoms. The fourth-order valence-electron chi connectivity index (χ4n) is 4.38. The van der Waals surface area contributed by atoms with Crippen molar-refractivity contribution in [1.29, 1.82) is 0 Å². The Bertz CT molecular complexity index is 1150. The van der Waals surface area contributed by atoms with Crippen LogP contribution in [0.25, 0.3) is 0 Å². The van der Waals surface area contributed by atoms with Crippen LogP contribution >= 0.6 is 0 Å². The zero-order valence-corrected chi connectivity index (χ0v) is 17.4. The highest BCUT2D eigenvalue weighted by atomic mass is 16.7. The van der Waals surface area contributed by atoms with E-state index in [0.29, 0.717) is 29.3 Å². The molecule has 2 aliphatic rings. The second kappa shape index (κ2) is 8.01. The molecule has 2 fully saturated rings. The first-order chi connectivity index (χ1) is 15.6. The normalized spacial score (nSPS) is 22.3. The van der Waals surface area contributed by atoms with Gasteiger partial charge >= 0.3 is 0 Å². The predicted octanol–water partition coefficient (Wildman–Crippen LogP) is 3.84. The van der Waals surface area contributed by atoms with E-state index in [4.69, 9.17) is 9.57 Å². The fourth-order valence-corrected chi connectivity index (χ4v) is 4.38. The summed E-state index contributed by atoms with van der Waals surface area (Å²) in [5, 5.41) is 12.1. The largest absolute Gasteiger partial charge is 0.508 e. The highest BCUT2D eigenvalue weighted by molar-refractivity contribution is 6.24. The minimum atomic E-state index is -0.987. The third-order valence-corrected chi connectivity index (χ3v) is 5.79. The van der Waals surface area contributed by atoms with Crippen molar-refractivity contribution in [1.82, 2.24) is 0 Å². The number of imide groups is 1.